The number of amides is 1. The second-order valence-corrected chi connectivity index (χ2v) is 7.86. The quantitative estimate of drug-likeness (QED) is 0.135. The van der Waals surface area contributed by atoms with Crippen molar-refractivity contribution < 1.29 is 58.6 Å². The molecule has 0 heterocycles. The van der Waals surface area contributed by atoms with Crippen LogP contribution in [0.5, 0.6) is 0 Å². The maximum atomic E-state index is 11.9. The van der Waals surface area contributed by atoms with Gasteiger partial charge >= 0.3 is 35.5 Å². The second kappa shape index (κ2) is 14.1. The van der Waals surface area contributed by atoms with Crippen molar-refractivity contribution in [2.24, 2.45) is 5.73 Å². The molecule has 0 aliphatic heterocycles. The van der Waals surface area contributed by atoms with Crippen LogP contribution in [0.4, 0.5) is 0 Å². The molecule has 150 valence electrons. The van der Waals surface area contributed by atoms with Gasteiger partial charge in [-0.2, -0.15) is 0 Å². The molecule has 1 aromatic carbocycles. The molecule has 1 rings (SSSR count). The summed E-state index contributed by atoms with van der Waals surface area (Å²) in [6, 6.07) is 7.60. The Labute approximate surface area is 187 Å². The number of unbranched alkanes of at least 4 members (excludes halogenated alkanes) is 3. The van der Waals surface area contributed by atoms with Crippen LogP contribution >= 0.6 is 7.60 Å². The van der Waals surface area contributed by atoms with E-state index >= 15 is 0 Å². The van der Waals surface area contributed by atoms with Gasteiger partial charge in [-0.15, -0.1) is 0 Å². The van der Waals surface area contributed by atoms with E-state index in [2.05, 4.69) is 5.32 Å². The molecule has 5 N–H and O–H groups in total. The zero-order chi connectivity index (χ0) is 20.3. The van der Waals surface area contributed by atoms with Crippen LogP contribution in [0, 0.1) is 0 Å². The minimum atomic E-state index is -4.53. The maximum Gasteiger partial charge on any atom is 1.00 e. The van der Waals surface area contributed by atoms with Crippen LogP contribution in [-0.2, 0) is 9.36 Å². The Bertz CT molecular complexity index is 693. The van der Waals surface area contributed by atoms with Crippen LogP contribution in [0.15, 0.2) is 42.0 Å². The van der Waals surface area contributed by atoms with Crippen molar-refractivity contribution >= 4 is 19.5 Å². The zero-order valence-corrected chi connectivity index (χ0v) is 18.9. The molecular weight excluding hydrogens is 394 g/mol. The number of nitrogens with two attached hydrogens (primary N) is 1. The van der Waals surface area contributed by atoms with Gasteiger partial charge in [-0.3, -0.25) is 9.59 Å². The first kappa shape index (κ1) is 27.0. The maximum absolute atomic E-state index is 11.9. The van der Waals surface area contributed by atoms with E-state index in [9.17, 15) is 19.0 Å². The number of carboxylic acid groups (broad SMARTS) is 1. The molecule has 0 aliphatic rings. The van der Waals surface area contributed by atoms with Crippen LogP contribution in [0.2, 0.25) is 0 Å². The summed E-state index contributed by atoms with van der Waals surface area (Å²) in [5, 5.41) is 11.6. The molecule has 0 fully saturated rings. The molecule has 0 bridgehead atoms. The summed E-state index contributed by atoms with van der Waals surface area (Å²) in [7, 11) is -4.53. The minimum Gasteiger partial charge on any atom is -0.778 e. The number of rotatable bonds is 12. The Kier molecular flexibility index (Phi) is 13.6. The largest absolute Gasteiger partial charge is 1.00 e. The van der Waals surface area contributed by atoms with Crippen LogP contribution < -0.4 is 45.5 Å². The predicted molar refractivity (Wildman–Crippen MR) is 100 cm³/mol. The van der Waals surface area contributed by atoms with Crippen LogP contribution in [0.1, 0.15) is 42.5 Å². The van der Waals surface area contributed by atoms with Crippen molar-refractivity contribution in [3.63, 3.8) is 0 Å². The summed E-state index contributed by atoms with van der Waals surface area (Å²) in [5.74, 6) is -1.39. The molecule has 0 spiro atoms. The number of hydrogen-bond acceptors (Lipinski definition) is 5. The van der Waals surface area contributed by atoms with Crippen molar-refractivity contribution in [3.05, 3.63) is 47.5 Å². The van der Waals surface area contributed by atoms with E-state index in [1.807, 2.05) is 6.07 Å². The molecule has 2 unspecified atom stereocenters. The Morgan fingerprint density at radius 2 is 1.79 bits per heavy atom. The number of carbonyl (C=O) groups excluding carboxylic acids is 1. The summed E-state index contributed by atoms with van der Waals surface area (Å²) in [5.41, 5.74) is 6.29. The molecule has 1 amide bonds. The van der Waals surface area contributed by atoms with Gasteiger partial charge in [-0.05, 0) is 31.4 Å². The number of nitrogens with one attached hydrogen (secondary N) is 1. The topological polar surface area (TPSA) is 153 Å². The van der Waals surface area contributed by atoms with Gasteiger partial charge < -0.3 is 30.5 Å². The van der Waals surface area contributed by atoms with Gasteiger partial charge in [0.05, 0.1) is 0 Å². The molecule has 0 radical (unpaired) electrons. The van der Waals surface area contributed by atoms with Crippen LogP contribution in [0.3, 0.4) is 0 Å². The van der Waals surface area contributed by atoms with Gasteiger partial charge in [0.15, 0.2) is 0 Å². The van der Waals surface area contributed by atoms with Crippen molar-refractivity contribution in [3.8, 4) is 0 Å². The van der Waals surface area contributed by atoms with Crippen molar-refractivity contribution in [1.29, 1.82) is 0 Å². The van der Waals surface area contributed by atoms with Gasteiger partial charge in [0.1, 0.15) is 13.6 Å². The number of carboxylic acids is 1. The van der Waals surface area contributed by atoms with Crippen molar-refractivity contribution in [1.82, 2.24) is 5.32 Å². The number of benzene rings is 1. The fourth-order valence-electron chi connectivity index (χ4n) is 2.52. The van der Waals surface area contributed by atoms with Crippen molar-refractivity contribution in [2.45, 2.75) is 38.1 Å². The van der Waals surface area contributed by atoms with E-state index in [1.54, 1.807) is 24.3 Å². The normalized spacial score (nSPS) is 14.5. The standard InChI is InChI=1S/C18H27N2O6P.Na/c19-16(18(22)23)12-14(13-27(24,25)26)8-4-1-2-7-11-20-17(21)15-9-5-3-6-10-15;/h3,5-6,9-10,12,16H,1-2,4,7-8,11,13,19H2,(H,20,21)(H,22,23)(H2,24,25,26);/q;+1/p-1/b14-12+;. The summed E-state index contributed by atoms with van der Waals surface area (Å²) in [4.78, 5) is 42.7. The molecule has 1 aromatic rings. The molecule has 0 saturated heterocycles. The van der Waals surface area contributed by atoms with E-state index in [4.69, 9.17) is 15.7 Å². The molecule has 28 heavy (non-hydrogen) atoms. The molecule has 0 aromatic heterocycles. The minimum absolute atomic E-state index is 0. The SMILES string of the molecule is NC(/C=C(\CCCCCCNC(=O)c1ccccc1)CP(=O)([O-])O)C(=O)O.[Na+]. The van der Waals surface area contributed by atoms with Crippen LogP contribution in [-0.4, -0.2) is 40.6 Å². The Hall–Kier alpha value is -0.990. The van der Waals surface area contributed by atoms with Crippen molar-refractivity contribution in [2.75, 3.05) is 12.7 Å². The molecule has 2 atom stereocenters. The first-order valence-electron chi connectivity index (χ1n) is 8.73. The third-order valence-electron chi connectivity index (χ3n) is 3.85. The average Bonchev–Trinajstić information content (AvgIpc) is 2.59. The smallest absolute Gasteiger partial charge is 0.778 e. The summed E-state index contributed by atoms with van der Waals surface area (Å²) < 4.78 is 11.1. The molecule has 10 heteroatoms. The van der Waals surface area contributed by atoms with Gasteiger partial charge in [0, 0.05) is 18.3 Å². The third-order valence-corrected chi connectivity index (χ3v) is 4.66. The summed E-state index contributed by atoms with van der Waals surface area (Å²) >= 11 is 0. The number of carbonyl (C=O) groups is 2. The average molecular weight is 420 g/mol. The first-order valence-corrected chi connectivity index (χ1v) is 10.5. The molecule has 0 aliphatic carbocycles. The second-order valence-electron chi connectivity index (χ2n) is 6.27. The third kappa shape index (κ3) is 12.5. The number of hydrogen-bond donors (Lipinski definition) is 4. The monoisotopic (exact) mass is 420 g/mol. The Morgan fingerprint density at radius 3 is 2.36 bits per heavy atom. The fraction of sp³-hybridized carbons (Fsp3) is 0.444. The van der Waals surface area contributed by atoms with E-state index in [1.165, 1.54) is 6.08 Å². The summed E-state index contributed by atoms with van der Waals surface area (Å²) in [6.07, 6.45) is 3.91. The summed E-state index contributed by atoms with van der Waals surface area (Å²) in [6.45, 7) is 0.534. The fourth-order valence-corrected chi connectivity index (χ4v) is 3.30. The first-order chi connectivity index (χ1) is 12.7. The van der Waals surface area contributed by atoms with Gasteiger partial charge in [0.25, 0.3) is 5.91 Å². The number of aliphatic carboxylic acids is 1. The number of allylic oxidation sites excluding steroid dienone is 1. The zero-order valence-electron chi connectivity index (χ0n) is 16.0. The van der Waals surface area contributed by atoms with E-state index in [0.717, 1.165) is 19.3 Å². The van der Waals surface area contributed by atoms with E-state index in [-0.39, 0.29) is 35.5 Å². The van der Waals surface area contributed by atoms with E-state index < -0.39 is 25.8 Å². The van der Waals surface area contributed by atoms with Gasteiger partial charge in [-0.1, -0.05) is 42.7 Å². The van der Waals surface area contributed by atoms with Gasteiger partial charge in [-0.25, -0.2) is 0 Å². The van der Waals surface area contributed by atoms with Crippen LogP contribution in [0.25, 0.3) is 0 Å². The van der Waals surface area contributed by atoms with Gasteiger partial charge in [0.2, 0.25) is 0 Å². The van der Waals surface area contributed by atoms with E-state index in [0.29, 0.717) is 30.5 Å². The molecule has 8 nitrogen and oxygen atoms in total. The molecular formula is C18H26N2NaO6P. The Balaban J connectivity index is 0.00000729. The Morgan fingerprint density at radius 1 is 1.18 bits per heavy atom. The predicted octanol–water partition coefficient (Wildman–Crippen LogP) is -1.75. The molecule has 0 saturated carbocycles.